The van der Waals surface area contributed by atoms with Gasteiger partial charge in [-0.1, -0.05) is 6.07 Å². The van der Waals surface area contributed by atoms with E-state index >= 15 is 0 Å². The second-order valence-electron chi connectivity index (χ2n) is 4.04. The number of hydrogen-bond donors (Lipinski definition) is 0. The van der Waals surface area contributed by atoms with Crippen LogP contribution in [0.15, 0.2) is 18.3 Å². The highest BCUT2D eigenvalue weighted by atomic mass is 16.1. The van der Waals surface area contributed by atoms with Crippen molar-refractivity contribution in [2.75, 3.05) is 19.0 Å². The quantitative estimate of drug-likeness (QED) is 0.675. The third-order valence-corrected chi connectivity index (χ3v) is 2.76. The number of carbonyl (C=O) groups excluding carboxylic acids is 1. The molecule has 1 heterocycles. The minimum atomic E-state index is -0.228. The SMILES string of the molecule is CN(C)c1ncccc1C1(C=O)CC1. The number of nitrogens with zero attached hydrogens (tertiary/aromatic N) is 2. The molecule has 1 saturated carbocycles. The molecule has 0 amide bonds. The fraction of sp³-hybridized carbons (Fsp3) is 0.455. The van der Waals surface area contributed by atoms with Gasteiger partial charge in [0.15, 0.2) is 0 Å². The molecule has 0 saturated heterocycles. The predicted molar refractivity (Wildman–Crippen MR) is 55.5 cm³/mol. The molecule has 1 aliphatic carbocycles. The number of pyridine rings is 1. The molecule has 0 aromatic carbocycles. The van der Waals surface area contributed by atoms with E-state index in [-0.39, 0.29) is 5.41 Å². The molecule has 14 heavy (non-hydrogen) atoms. The Balaban J connectivity index is 2.47. The smallest absolute Gasteiger partial charge is 0.132 e. The van der Waals surface area contributed by atoms with Crippen LogP contribution in [0.4, 0.5) is 5.82 Å². The van der Waals surface area contributed by atoms with Crippen LogP contribution in [0.25, 0.3) is 0 Å². The molecule has 1 aromatic rings. The molecule has 0 atom stereocenters. The van der Waals surface area contributed by atoms with Gasteiger partial charge < -0.3 is 9.69 Å². The van der Waals surface area contributed by atoms with E-state index < -0.39 is 0 Å². The molecule has 74 valence electrons. The normalized spacial score (nSPS) is 17.6. The third kappa shape index (κ3) is 1.29. The minimum absolute atomic E-state index is 0.228. The summed E-state index contributed by atoms with van der Waals surface area (Å²) in [6, 6.07) is 3.90. The van der Waals surface area contributed by atoms with Gasteiger partial charge in [-0.3, -0.25) is 0 Å². The molecule has 1 fully saturated rings. The summed E-state index contributed by atoms with van der Waals surface area (Å²) in [6.07, 6.45) is 4.75. The Bertz CT molecular complexity index is 356. The van der Waals surface area contributed by atoms with Gasteiger partial charge in [-0.05, 0) is 18.9 Å². The highest BCUT2D eigenvalue weighted by Crippen LogP contribution is 2.48. The number of rotatable bonds is 3. The number of aromatic nitrogens is 1. The number of hydrogen-bond acceptors (Lipinski definition) is 3. The number of carbonyl (C=O) groups is 1. The molecule has 1 aliphatic rings. The lowest BCUT2D eigenvalue weighted by molar-refractivity contribution is -0.109. The van der Waals surface area contributed by atoms with Gasteiger partial charge in [0, 0.05) is 25.9 Å². The molecule has 1 aromatic heterocycles. The molecule has 0 unspecified atom stereocenters. The van der Waals surface area contributed by atoms with Gasteiger partial charge in [-0.25, -0.2) is 4.98 Å². The lowest BCUT2D eigenvalue weighted by Gasteiger charge is -2.18. The van der Waals surface area contributed by atoms with Crippen LogP contribution in [0.2, 0.25) is 0 Å². The van der Waals surface area contributed by atoms with Gasteiger partial charge >= 0.3 is 0 Å². The van der Waals surface area contributed by atoms with Gasteiger partial charge in [0.05, 0.1) is 5.41 Å². The Kier molecular flexibility index (Phi) is 2.02. The Hall–Kier alpha value is -1.38. The van der Waals surface area contributed by atoms with E-state index in [0.29, 0.717) is 0 Å². The van der Waals surface area contributed by atoms with E-state index in [4.69, 9.17) is 0 Å². The van der Waals surface area contributed by atoms with Gasteiger partial charge in [0.25, 0.3) is 0 Å². The number of anilines is 1. The maximum absolute atomic E-state index is 11.0. The van der Waals surface area contributed by atoms with Crippen molar-refractivity contribution in [2.24, 2.45) is 0 Å². The van der Waals surface area contributed by atoms with Gasteiger partial charge in [-0.15, -0.1) is 0 Å². The Morgan fingerprint density at radius 2 is 2.21 bits per heavy atom. The second-order valence-corrected chi connectivity index (χ2v) is 4.04. The molecular weight excluding hydrogens is 176 g/mol. The topological polar surface area (TPSA) is 33.2 Å². The summed E-state index contributed by atoms with van der Waals surface area (Å²) in [6.45, 7) is 0. The van der Waals surface area contributed by atoms with Gasteiger partial charge in [0.1, 0.15) is 12.1 Å². The van der Waals surface area contributed by atoms with Gasteiger partial charge in [0.2, 0.25) is 0 Å². The van der Waals surface area contributed by atoms with Crippen molar-refractivity contribution in [1.29, 1.82) is 0 Å². The van der Waals surface area contributed by atoms with Crippen LogP contribution in [0, 0.1) is 0 Å². The van der Waals surface area contributed by atoms with E-state index in [9.17, 15) is 4.79 Å². The van der Waals surface area contributed by atoms with Gasteiger partial charge in [-0.2, -0.15) is 0 Å². The molecule has 0 aliphatic heterocycles. The molecule has 0 radical (unpaired) electrons. The molecule has 2 rings (SSSR count). The Morgan fingerprint density at radius 1 is 1.50 bits per heavy atom. The summed E-state index contributed by atoms with van der Waals surface area (Å²) in [5, 5.41) is 0. The fourth-order valence-corrected chi connectivity index (χ4v) is 1.73. The Morgan fingerprint density at radius 3 is 2.71 bits per heavy atom. The van der Waals surface area contributed by atoms with Crippen LogP contribution in [-0.2, 0) is 10.2 Å². The molecular formula is C11H14N2O. The zero-order valence-electron chi connectivity index (χ0n) is 8.53. The summed E-state index contributed by atoms with van der Waals surface area (Å²) >= 11 is 0. The first-order valence-electron chi connectivity index (χ1n) is 4.79. The third-order valence-electron chi connectivity index (χ3n) is 2.76. The van der Waals surface area contributed by atoms with Crippen molar-refractivity contribution in [3.8, 4) is 0 Å². The largest absolute Gasteiger partial charge is 0.362 e. The minimum Gasteiger partial charge on any atom is -0.362 e. The van der Waals surface area contributed by atoms with Crippen molar-refractivity contribution >= 4 is 12.1 Å². The molecule has 0 N–H and O–H groups in total. The first kappa shape index (κ1) is 9.19. The van der Waals surface area contributed by atoms with Crippen LogP contribution in [0.3, 0.4) is 0 Å². The summed E-state index contributed by atoms with van der Waals surface area (Å²) in [4.78, 5) is 17.3. The first-order chi connectivity index (χ1) is 6.69. The van der Waals surface area contributed by atoms with Crippen molar-refractivity contribution in [3.05, 3.63) is 23.9 Å². The van der Waals surface area contributed by atoms with Crippen LogP contribution in [-0.4, -0.2) is 25.4 Å². The van der Waals surface area contributed by atoms with Crippen molar-refractivity contribution in [2.45, 2.75) is 18.3 Å². The summed E-state index contributed by atoms with van der Waals surface area (Å²) in [5.74, 6) is 0.914. The van der Waals surface area contributed by atoms with E-state index in [1.54, 1.807) is 6.20 Å². The first-order valence-corrected chi connectivity index (χ1v) is 4.79. The van der Waals surface area contributed by atoms with Crippen molar-refractivity contribution in [1.82, 2.24) is 4.98 Å². The lowest BCUT2D eigenvalue weighted by atomic mass is 9.98. The van der Waals surface area contributed by atoms with E-state index in [0.717, 1.165) is 30.5 Å². The predicted octanol–water partition coefficient (Wildman–Crippen LogP) is 1.38. The molecule has 0 spiro atoms. The highest BCUT2D eigenvalue weighted by Gasteiger charge is 2.46. The lowest BCUT2D eigenvalue weighted by Crippen LogP contribution is -2.18. The van der Waals surface area contributed by atoms with E-state index in [1.807, 2.05) is 31.1 Å². The van der Waals surface area contributed by atoms with Crippen LogP contribution in [0.1, 0.15) is 18.4 Å². The number of aldehydes is 1. The summed E-state index contributed by atoms with van der Waals surface area (Å²) in [7, 11) is 3.90. The highest BCUT2D eigenvalue weighted by molar-refractivity contribution is 5.76. The average Bonchev–Trinajstić information content (AvgIpc) is 2.98. The zero-order chi connectivity index (χ0) is 10.2. The monoisotopic (exact) mass is 190 g/mol. The van der Waals surface area contributed by atoms with E-state index in [2.05, 4.69) is 4.98 Å². The van der Waals surface area contributed by atoms with Crippen molar-refractivity contribution in [3.63, 3.8) is 0 Å². The molecule has 3 nitrogen and oxygen atoms in total. The van der Waals surface area contributed by atoms with E-state index in [1.165, 1.54) is 0 Å². The van der Waals surface area contributed by atoms with Crippen LogP contribution in [0.5, 0.6) is 0 Å². The average molecular weight is 190 g/mol. The molecule has 3 heteroatoms. The standard InChI is InChI=1S/C11H14N2O/c1-13(2)10-9(4-3-7-12-10)11(8-14)5-6-11/h3-4,7-8H,5-6H2,1-2H3. The fourth-order valence-electron chi connectivity index (χ4n) is 1.73. The zero-order valence-corrected chi connectivity index (χ0v) is 8.53. The molecule has 0 bridgehead atoms. The summed E-state index contributed by atoms with van der Waals surface area (Å²) < 4.78 is 0. The maximum atomic E-state index is 11.0. The summed E-state index contributed by atoms with van der Waals surface area (Å²) in [5.41, 5.74) is 0.841. The van der Waals surface area contributed by atoms with Crippen LogP contribution >= 0.6 is 0 Å². The second kappa shape index (κ2) is 3.08. The van der Waals surface area contributed by atoms with Crippen LogP contribution < -0.4 is 4.90 Å². The maximum Gasteiger partial charge on any atom is 0.132 e. The van der Waals surface area contributed by atoms with Crippen molar-refractivity contribution < 1.29 is 4.79 Å². The Labute approximate surface area is 83.8 Å².